The summed E-state index contributed by atoms with van der Waals surface area (Å²) in [6.45, 7) is 13.0. The molecule has 2 rings (SSSR count). The molecule has 0 unspecified atom stereocenters. The molecule has 5 heteroatoms. The van der Waals surface area contributed by atoms with Crippen molar-refractivity contribution in [2.75, 3.05) is 0 Å². The first-order valence-electron chi connectivity index (χ1n) is 7.60. The van der Waals surface area contributed by atoms with Gasteiger partial charge in [0.2, 0.25) is 0 Å². The highest BCUT2D eigenvalue weighted by Gasteiger charge is 2.48. The van der Waals surface area contributed by atoms with Crippen molar-refractivity contribution in [1.29, 1.82) is 0 Å². The SMILES string of the molecule is CC(C)[Si](c1nc2[nH]ccc2c(F)c1O)(C(C)C)C(C)C. The van der Waals surface area contributed by atoms with Gasteiger partial charge in [0.15, 0.2) is 11.6 Å². The molecule has 0 atom stereocenters. The molecule has 21 heavy (non-hydrogen) atoms. The van der Waals surface area contributed by atoms with Crippen LogP contribution in [0.15, 0.2) is 12.3 Å². The van der Waals surface area contributed by atoms with Gasteiger partial charge in [0.25, 0.3) is 0 Å². The number of aromatic nitrogens is 2. The Bertz CT molecular complexity index is 627. The van der Waals surface area contributed by atoms with Crippen molar-refractivity contribution in [2.45, 2.75) is 58.2 Å². The number of nitrogens with zero attached hydrogens (tertiary/aromatic N) is 1. The maximum absolute atomic E-state index is 14.5. The summed E-state index contributed by atoms with van der Waals surface area (Å²) in [6.07, 6.45) is 1.66. The van der Waals surface area contributed by atoms with E-state index in [1.807, 2.05) is 0 Å². The second kappa shape index (κ2) is 5.44. The standard InChI is InChI=1S/C16H25FN2OSi/c1-9(2)21(10(3)4,11(5)6)16-14(20)13(17)12-7-8-18-15(12)19-16/h7-11,20H,1-6H3,(H,18,19). The van der Waals surface area contributed by atoms with Gasteiger partial charge in [-0.25, -0.2) is 9.37 Å². The van der Waals surface area contributed by atoms with E-state index in [2.05, 4.69) is 51.5 Å². The van der Waals surface area contributed by atoms with Gasteiger partial charge in [0.1, 0.15) is 13.7 Å². The fraction of sp³-hybridized carbons (Fsp3) is 0.562. The van der Waals surface area contributed by atoms with Crippen LogP contribution in [0.25, 0.3) is 11.0 Å². The molecule has 2 N–H and O–H groups in total. The average molecular weight is 308 g/mol. The lowest BCUT2D eigenvalue weighted by atomic mass is 10.3. The highest BCUT2D eigenvalue weighted by atomic mass is 28.3. The fourth-order valence-electron chi connectivity index (χ4n) is 4.15. The molecule has 116 valence electrons. The zero-order valence-corrected chi connectivity index (χ0v) is 14.7. The smallest absolute Gasteiger partial charge is 0.177 e. The topological polar surface area (TPSA) is 48.9 Å². The second-order valence-corrected chi connectivity index (χ2v) is 12.6. The van der Waals surface area contributed by atoms with Crippen molar-refractivity contribution >= 4 is 24.4 Å². The van der Waals surface area contributed by atoms with Crippen LogP contribution in [0.5, 0.6) is 5.75 Å². The normalized spacial score (nSPS) is 13.0. The first-order valence-corrected chi connectivity index (χ1v) is 9.83. The number of nitrogens with one attached hydrogen (secondary N) is 1. The van der Waals surface area contributed by atoms with Crippen LogP contribution in [0.1, 0.15) is 41.5 Å². The van der Waals surface area contributed by atoms with Crippen molar-refractivity contribution in [3.8, 4) is 5.75 Å². The number of hydrogen-bond acceptors (Lipinski definition) is 2. The number of rotatable bonds is 4. The van der Waals surface area contributed by atoms with E-state index in [9.17, 15) is 9.50 Å². The van der Waals surface area contributed by atoms with E-state index in [1.54, 1.807) is 12.3 Å². The Labute approximate surface area is 126 Å². The van der Waals surface area contributed by atoms with Gasteiger partial charge in [0.05, 0.1) is 10.7 Å². The van der Waals surface area contributed by atoms with E-state index < -0.39 is 13.9 Å². The quantitative estimate of drug-likeness (QED) is 0.828. The van der Waals surface area contributed by atoms with E-state index in [0.29, 0.717) is 33.0 Å². The van der Waals surface area contributed by atoms with Crippen LogP contribution in [-0.2, 0) is 0 Å². The third kappa shape index (κ3) is 2.18. The average Bonchev–Trinajstić information content (AvgIpc) is 2.83. The third-order valence-corrected chi connectivity index (χ3v) is 11.8. The number of aromatic hydroxyl groups is 1. The van der Waals surface area contributed by atoms with Crippen LogP contribution in [0.2, 0.25) is 16.6 Å². The summed E-state index contributed by atoms with van der Waals surface area (Å²) in [4.78, 5) is 7.62. The molecule has 0 aliphatic rings. The van der Waals surface area contributed by atoms with Gasteiger partial charge in [0, 0.05) is 6.20 Å². The molecule has 2 aromatic rings. The number of halogens is 1. The molecule has 0 bridgehead atoms. The minimum Gasteiger partial charge on any atom is -0.504 e. The summed E-state index contributed by atoms with van der Waals surface area (Å²) in [6, 6.07) is 1.62. The predicted molar refractivity (Wildman–Crippen MR) is 88.4 cm³/mol. The van der Waals surface area contributed by atoms with Crippen molar-refractivity contribution in [2.24, 2.45) is 0 Å². The first kappa shape index (κ1) is 16.0. The Balaban J connectivity index is 2.85. The van der Waals surface area contributed by atoms with Crippen LogP contribution < -0.4 is 5.32 Å². The minimum atomic E-state index is -2.19. The molecule has 0 saturated heterocycles. The monoisotopic (exact) mass is 308 g/mol. The largest absolute Gasteiger partial charge is 0.504 e. The predicted octanol–water partition coefficient (Wildman–Crippen LogP) is 4.29. The summed E-state index contributed by atoms with van der Waals surface area (Å²) in [5.74, 6) is -0.792. The van der Waals surface area contributed by atoms with Crippen LogP contribution in [0.4, 0.5) is 4.39 Å². The first-order chi connectivity index (χ1) is 9.74. The molecule has 0 spiro atoms. The molecular weight excluding hydrogens is 283 g/mol. The Kier molecular flexibility index (Phi) is 4.15. The lowest BCUT2D eigenvalue weighted by Gasteiger charge is -2.42. The summed E-state index contributed by atoms with van der Waals surface area (Å²) in [5, 5.41) is 11.4. The maximum atomic E-state index is 14.5. The fourth-order valence-corrected chi connectivity index (χ4v) is 10.6. The van der Waals surface area contributed by atoms with E-state index in [1.165, 1.54) is 0 Å². The second-order valence-electron chi connectivity index (χ2n) is 6.76. The van der Waals surface area contributed by atoms with Gasteiger partial charge in [-0.15, -0.1) is 0 Å². The van der Waals surface area contributed by atoms with Crippen molar-refractivity contribution < 1.29 is 9.50 Å². The third-order valence-electron chi connectivity index (χ3n) is 4.89. The van der Waals surface area contributed by atoms with Crippen LogP contribution in [0.3, 0.4) is 0 Å². The Morgan fingerprint density at radius 1 is 1.10 bits per heavy atom. The van der Waals surface area contributed by atoms with Crippen LogP contribution in [0, 0.1) is 5.82 Å². The van der Waals surface area contributed by atoms with Crippen molar-refractivity contribution in [3.63, 3.8) is 0 Å². The summed E-state index contributed by atoms with van der Waals surface area (Å²) >= 11 is 0. The summed E-state index contributed by atoms with van der Waals surface area (Å²) in [7, 11) is -2.19. The number of hydrogen-bond donors (Lipinski definition) is 2. The zero-order valence-electron chi connectivity index (χ0n) is 13.7. The molecule has 0 amide bonds. The van der Waals surface area contributed by atoms with E-state index in [4.69, 9.17) is 0 Å². The van der Waals surface area contributed by atoms with Crippen molar-refractivity contribution in [3.05, 3.63) is 18.1 Å². The molecular formula is C16H25FN2OSi. The molecule has 3 nitrogen and oxygen atoms in total. The molecule has 0 aromatic carbocycles. The molecule has 0 saturated carbocycles. The van der Waals surface area contributed by atoms with Gasteiger partial charge >= 0.3 is 0 Å². The number of aromatic amines is 1. The van der Waals surface area contributed by atoms with Gasteiger partial charge in [-0.1, -0.05) is 41.5 Å². The highest BCUT2D eigenvalue weighted by molar-refractivity contribution is 6.95. The summed E-state index contributed by atoms with van der Waals surface area (Å²) < 4.78 is 14.5. The number of H-pyrrole nitrogens is 1. The summed E-state index contributed by atoms with van der Waals surface area (Å²) in [5.41, 5.74) is 1.62. The lowest BCUT2D eigenvalue weighted by molar-refractivity contribution is 0.437. The van der Waals surface area contributed by atoms with Gasteiger partial charge in [-0.2, -0.15) is 0 Å². The van der Waals surface area contributed by atoms with Gasteiger partial charge in [-0.05, 0) is 22.7 Å². The Morgan fingerprint density at radius 2 is 1.62 bits per heavy atom. The van der Waals surface area contributed by atoms with Gasteiger partial charge in [-0.3, -0.25) is 0 Å². The number of pyridine rings is 1. The Morgan fingerprint density at radius 3 is 2.10 bits per heavy atom. The number of fused-ring (bicyclic) bond motifs is 1. The van der Waals surface area contributed by atoms with Crippen LogP contribution >= 0.6 is 0 Å². The molecule has 2 heterocycles. The highest BCUT2D eigenvalue weighted by Crippen LogP contribution is 2.42. The molecule has 0 aliphatic heterocycles. The molecule has 0 radical (unpaired) electrons. The lowest BCUT2D eigenvalue weighted by Crippen LogP contribution is -2.57. The molecule has 0 aliphatic carbocycles. The Hall–Kier alpha value is -1.36. The van der Waals surface area contributed by atoms with E-state index in [0.717, 1.165) is 0 Å². The van der Waals surface area contributed by atoms with E-state index >= 15 is 0 Å². The van der Waals surface area contributed by atoms with Crippen LogP contribution in [-0.4, -0.2) is 23.1 Å². The minimum absolute atomic E-state index is 0.245. The maximum Gasteiger partial charge on any atom is 0.177 e. The van der Waals surface area contributed by atoms with Gasteiger partial charge < -0.3 is 10.1 Å². The van der Waals surface area contributed by atoms with Crippen molar-refractivity contribution in [1.82, 2.24) is 9.97 Å². The molecule has 2 aromatic heterocycles. The van der Waals surface area contributed by atoms with E-state index in [-0.39, 0.29) is 5.75 Å². The zero-order chi connectivity index (χ0) is 15.9. The molecule has 0 fully saturated rings.